The summed E-state index contributed by atoms with van der Waals surface area (Å²) >= 11 is 0. The van der Waals surface area contributed by atoms with Crippen molar-refractivity contribution in [3.63, 3.8) is 0 Å². The van der Waals surface area contributed by atoms with Crippen LogP contribution in [0.3, 0.4) is 0 Å². The summed E-state index contributed by atoms with van der Waals surface area (Å²) in [6.07, 6.45) is 3.42. The molecule has 1 amide bonds. The zero-order chi connectivity index (χ0) is 23.6. The molecule has 0 atom stereocenters. The number of hydrogen-bond donors (Lipinski definition) is 0. The quantitative estimate of drug-likeness (QED) is 0.439. The van der Waals surface area contributed by atoms with Crippen molar-refractivity contribution in [3.05, 3.63) is 108 Å². The van der Waals surface area contributed by atoms with Gasteiger partial charge in [-0.05, 0) is 34.9 Å². The molecule has 176 valence electrons. The van der Waals surface area contributed by atoms with Crippen molar-refractivity contribution in [2.45, 2.75) is 6.10 Å². The van der Waals surface area contributed by atoms with Crippen molar-refractivity contribution in [1.82, 2.24) is 9.80 Å². The van der Waals surface area contributed by atoms with E-state index in [0.29, 0.717) is 6.61 Å². The summed E-state index contributed by atoms with van der Waals surface area (Å²) in [4.78, 5) is 16.9. The highest BCUT2D eigenvalue weighted by atomic mass is 16.5. The van der Waals surface area contributed by atoms with Gasteiger partial charge in [0.2, 0.25) is 5.91 Å². The first-order valence-corrected chi connectivity index (χ1v) is 11.8. The number of hydrogen-bond acceptors (Lipinski definition) is 4. The molecule has 1 saturated heterocycles. The molecule has 0 N–H and O–H groups in total. The Labute approximate surface area is 202 Å². The van der Waals surface area contributed by atoms with Gasteiger partial charge in [0.25, 0.3) is 0 Å². The molecule has 5 heteroatoms. The molecule has 34 heavy (non-hydrogen) atoms. The van der Waals surface area contributed by atoms with E-state index in [4.69, 9.17) is 9.47 Å². The maximum Gasteiger partial charge on any atom is 0.246 e. The molecule has 1 aliphatic heterocycles. The van der Waals surface area contributed by atoms with Crippen LogP contribution in [0, 0.1) is 0 Å². The van der Waals surface area contributed by atoms with Gasteiger partial charge < -0.3 is 14.4 Å². The Balaban J connectivity index is 1.25. The molecule has 1 aliphatic rings. The number of carbonyl (C=O) groups excluding carboxylic acids is 1. The monoisotopic (exact) mass is 456 g/mol. The smallest absolute Gasteiger partial charge is 0.246 e. The van der Waals surface area contributed by atoms with Crippen LogP contribution in [0.15, 0.2) is 91.0 Å². The van der Waals surface area contributed by atoms with Gasteiger partial charge in [0.15, 0.2) is 0 Å². The highest BCUT2D eigenvalue weighted by molar-refractivity contribution is 5.91. The first-order chi connectivity index (χ1) is 16.7. The van der Waals surface area contributed by atoms with E-state index in [-0.39, 0.29) is 12.0 Å². The van der Waals surface area contributed by atoms with Gasteiger partial charge in [0.05, 0.1) is 13.7 Å². The van der Waals surface area contributed by atoms with Gasteiger partial charge >= 0.3 is 0 Å². The minimum absolute atomic E-state index is 0.0481. The maximum atomic E-state index is 12.6. The van der Waals surface area contributed by atoms with Gasteiger partial charge in [-0.15, -0.1) is 0 Å². The number of ether oxygens (including phenoxy) is 2. The molecule has 0 radical (unpaired) electrons. The van der Waals surface area contributed by atoms with Crippen LogP contribution >= 0.6 is 0 Å². The van der Waals surface area contributed by atoms with Crippen molar-refractivity contribution in [3.8, 4) is 5.75 Å². The van der Waals surface area contributed by atoms with Crippen molar-refractivity contribution in [2.75, 3.05) is 46.4 Å². The summed E-state index contributed by atoms with van der Waals surface area (Å²) in [6, 6.07) is 28.4. The molecule has 5 nitrogen and oxygen atoms in total. The summed E-state index contributed by atoms with van der Waals surface area (Å²) < 4.78 is 11.6. The van der Waals surface area contributed by atoms with Crippen LogP contribution in [0.25, 0.3) is 6.08 Å². The molecule has 4 rings (SSSR count). The molecule has 1 fully saturated rings. The van der Waals surface area contributed by atoms with E-state index in [0.717, 1.165) is 55.2 Å². The highest BCUT2D eigenvalue weighted by Gasteiger charge is 2.20. The van der Waals surface area contributed by atoms with Crippen molar-refractivity contribution < 1.29 is 14.3 Å². The number of benzene rings is 3. The molecule has 1 heterocycles. The standard InChI is InChI=1S/C29H32N2O3/c1-33-27-14-8-9-24(23-27)15-16-28(32)31-19-17-30(18-20-31)21-22-34-29(25-10-4-2-5-11-25)26-12-6-3-7-13-26/h2-16,23,29H,17-22H2,1H3/b16-15+. The van der Waals surface area contributed by atoms with Crippen LogP contribution in [0.1, 0.15) is 22.8 Å². The normalized spacial score (nSPS) is 14.6. The first-order valence-electron chi connectivity index (χ1n) is 11.8. The molecule has 3 aromatic rings. The Hall–Kier alpha value is -3.41. The van der Waals surface area contributed by atoms with E-state index in [1.165, 1.54) is 0 Å². The van der Waals surface area contributed by atoms with E-state index < -0.39 is 0 Å². The number of methoxy groups -OCH3 is 1. The van der Waals surface area contributed by atoms with Gasteiger partial charge in [-0.2, -0.15) is 0 Å². The Bertz CT molecular complexity index is 1020. The lowest BCUT2D eigenvalue weighted by Crippen LogP contribution is -2.49. The van der Waals surface area contributed by atoms with E-state index >= 15 is 0 Å². The Morgan fingerprint density at radius 2 is 1.53 bits per heavy atom. The van der Waals surface area contributed by atoms with Gasteiger partial charge in [0.1, 0.15) is 11.9 Å². The highest BCUT2D eigenvalue weighted by Crippen LogP contribution is 2.25. The average molecular weight is 457 g/mol. The summed E-state index contributed by atoms with van der Waals surface area (Å²) in [5.41, 5.74) is 3.27. The topological polar surface area (TPSA) is 42.0 Å². The molecule has 0 unspecified atom stereocenters. The molecule has 0 bridgehead atoms. The summed E-state index contributed by atoms with van der Waals surface area (Å²) in [5.74, 6) is 0.833. The Morgan fingerprint density at radius 3 is 2.15 bits per heavy atom. The van der Waals surface area contributed by atoms with Gasteiger partial charge in [-0.3, -0.25) is 9.69 Å². The summed E-state index contributed by atoms with van der Waals surface area (Å²) in [7, 11) is 1.64. The van der Waals surface area contributed by atoms with Crippen LogP contribution in [0.5, 0.6) is 5.75 Å². The fourth-order valence-corrected chi connectivity index (χ4v) is 4.15. The fraction of sp³-hybridized carbons (Fsp3) is 0.276. The number of rotatable bonds is 9. The van der Waals surface area contributed by atoms with Crippen LogP contribution in [-0.2, 0) is 9.53 Å². The number of piperazine rings is 1. The van der Waals surface area contributed by atoms with Crippen LogP contribution in [0.2, 0.25) is 0 Å². The van der Waals surface area contributed by atoms with Crippen LogP contribution < -0.4 is 4.74 Å². The van der Waals surface area contributed by atoms with E-state index in [9.17, 15) is 4.79 Å². The van der Waals surface area contributed by atoms with Crippen LogP contribution in [-0.4, -0.2) is 62.1 Å². The zero-order valence-electron chi connectivity index (χ0n) is 19.7. The second-order valence-corrected chi connectivity index (χ2v) is 8.35. The predicted octanol–water partition coefficient (Wildman–Crippen LogP) is 4.66. The third-order valence-electron chi connectivity index (χ3n) is 6.09. The van der Waals surface area contributed by atoms with E-state index in [1.54, 1.807) is 13.2 Å². The van der Waals surface area contributed by atoms with E-state index in [1.807, 2.05) is 71.6 Å². The van der Waals surface area contributed by atoms with E-state index in [2.05, 4.69) is 29.2 Å². The summed E-state index contributed by atoms with van der Waals surface area (Å²) in [5, 5.41) is 0. The van der Waals surface area contributed by atoms with Gasteiger partial charge in [0, 0.05) is 38.8 Å². The lowest BCUT2D eigenvalue weighted by Gasteiger charge is -2.34. The fourth-order valence-electron chi connectivity index (χ4n) is 4.15. The molecule has 0 spiro atoms. The lowest BCUT2D eigenvalue weighted by molar-refractivity contribution is -0.127. The minimum atomic E-state index is -0.0768. The van der Waals surface area contributed by atoms with Crippen molar-refractivity contribution in [1.29, 1.82) is 0 Å². The van der Waals surface area contributed by atoms with Gasteiger partial charge in [-0.25, -0.2) is 0 Å². The third kappa shape index (κ3) is 6.56. The second kappa shape index (κ2) is 12.2. The number of nitrogens with zero attached hydrogens (tertiary/aromatic N) is 2. The molecule has 0 aromatic heterocycles. The average Bonchev–Trinajstić information content (AvgIpc) is 2.91. The maximum absolute atomic E-state index is 12.6. The number of carbonyl (C=O) groups is 1. The molecular weight excluding hydrogens is 424 g/mol. The minimum Gasteiger partial charge on any atom is -0.497 e. The predicted molar refractivity (Wildman–Crippen MR) is 136 cm³/mol. The largest absolute Gasteiger partial charge is 0.497 e. The lowest BCUT2D eigenvalue weighted by atomic mass is 10.0. The number of amides is 1. The Kier molecular flexibility index (Phi) is 8.49. The van der Waals surface area contributed by atoms with Gasteiger partial charge in [-0.1, -0.05) is 72.8 Å². The molecule has 0 saturated carbocycles. The zero-order valence-corrected chi connectivity index (χ0v) is 19.7. The second-order valence-electron chi connectivity index (χ2n) is 8.35. The molecule has 3 aromatic carbocycles. The Morgan fingerprint density at radius 1 is 0.882 bits per heavy atom. The van der Waals surface area contributed by atoms with Crippen LogP contribution in [0.4, 0.5) is 0 Å². The first kappa shape index (κ1) is 23.7. The SMILES string of the molecule is COc1cccc(/C=C/C(=O)N2CCN(CCOC(c3ccccc3)c3ccccc3)CC2)c1. The molecule has 0 aliphatic carbocycles. The molecular formula is C29H32N2O3. The third-order valence-corrected chi connectivity index (χ3v) is 6.09. The summed E-state index contributed by atoms with van der Waals surface area (Å²) in [6.45, 7) is 4.63. The van der Waals surface area contributed by atoms with Crippen molar-refractivity contribution >= 4 is 12.0 Å². The van der Waals surface area contributed by atoms with Crippen molar-refractivity contribution in [2.24, 2.45) is 0 Å².